The van der Waals surface area contributed by atoms with Crippen LogP contribution in [0.25, 0.3) is 10.8 Å². The maximum absolute atomic E-state index is 14.8. The van der Waals surface area contributed by atoms with Crippen LogP contribution in [0.4, 0.5) is 4.39 Å². The fraction of sp³-hybridized carbons (Fsp3) is 0.464. The number of carbonyl (C=O) groups excluding carboxylic acids is 1. The Morgan fingerprint density at radius 2 is 1.94 bits per heavy atom. The highest BCUT2D eigenvalue weighted by Crippen LogP contribution is 2.44. The molecule has 0 radical (unpaired) electrons. The summed E-state index contributed by atoms with van der Waals surface area (Å²) in [4.78, 5) is 27.3. The van der Waals surface area contributed by atoms with Crippen molar-refractivity contribution in [3.63, 3.8) is 0 Å². The minimum absolute atomic E-state index is 0.105. The topological polar surface area (TPSA) is 75.3 Å². The number of rotatable bonds is 6. The predicted molar refractivity (Wildman–Crippen MR) is 133 cm³/mol. The summed E-state index contributed by atoms with van der Waals surface area (Å²) in [7, 11) is 0. The van der Waals surface area contributed by atoms with Gasteiger partial charge in [-0.3, -0.25) is 9.59 Å². The van der Waals surface area contributed by atoms with Gasteiger partial charge in [-0.25, -0.2) is 9.49 Å². The van der Waals surface area contributed by atoms with E-state index in [4.69, 9.17) is 4.74 Å². The SMILES string of the molecule is CCCOC1CCC2(CC1)CCN(C(=O)c1cc(Cc3n[nH]c(=O)c4ccccc34)ccc1F)C2. The maximum Gasteiger partial charge on any atom is 0.272 e. The maximum atomic E-state index is 14.8. The van der Waals surface area contributed by atoms with Crippen LogP contribution in [0.2, 0.25) is 0 Å². The zero-order valence-electron chi connectivity index (χ0n) is 20.2. The van der Waals surface area contributed by atoms with Gasteiger partial charge in [0.05, 0.1) is 22.7 Å². The van der Waals surface area contributed by atoms with Crippen molar-refractivity contribution in [2.24, 2.45) is 5.41 Å². The van der Waals surface area contributed by atoms with Gasteiger partial charge in [-0.05, 0) is 67.7 Å². The Balaban J connectivity index is 1.31. The normalized spacial score (nSPS) is 22.2. The monoisotopic (exact) mass is 477 g/mol. The van der Waals surface area contributed by atoms with Crippen molar-refractivity contribution in [1.82, 2.24) is 15.1 Å². The fourth-order valence-corrected chi connectivity index (χ4v) is 5.69. The van der Waals surface area contributed by atoms with Crippen LogP contribution < -0.4 is 5.56 Å². The second kappa shape index (κ2) is 9.90. The predicted octanol–water partition coefficient (Wildman–Crippen LogP) is 4.85. The number of nitrogens with zero attached hydrogens (tertiary/aromatic N) is 2. The molecule has 35 heavy (non-hydrogen) atoms. The summed E-state index contributed by atoms with van der Waals surface area (Å²) in [5, 5.41) is 8.08. The van der Waals surface area contributed by atoms with Crippen molar-refractivity contribution in [3.05, 3.63) is 75.5 Å². The molecule has 2 heterocycles. The zero-order valence-corrected chi connectivity index (χ0v) is 20.2. The average Bonchev–Trinajstić information content (AvgIpc) is 3.30. The van der Waals surface area contributed by atoms with E-state index in [1.54, 1.807) is 18.2 Å². The van der Waals surface area contributed by atoms with Gasteiger partial charge in [0.1, 0.15) is 5.82 Å². The van der Waals surface area contributed by atoms with Crippen LogP contribution in [0.15, 0.2) is 47.3 Å². The summed E-state index contributed by atoms with van der Waals surface area (Å²) in [5.74, 6) is -0.750. The number of nitrogens with one attached hydrogen (secondary N) is 1. The highest BCUT2D eigenvalue weighted by atomic mass is 19.1. The van der Waals surface area contributed by atoms with Gasteiger partial charge in [0.15, 0.2) is 0 Å². The van der Waals surface area contributed by atoms with E-state index in [2.05, 4.69) is 17.1 Å². The molecule has 2 fully saturated rings. The second-order valence-corrected chi connectivity index (χ2v) is 10.1. The van der Waals surface area contributed by atoms with Crippen LogP contribution in [0.1, 0.15) is 67.1 Å². The van der Waals surface area contributed by atoms with Crippen molar-refractivity contribution in [3.8, 4) is 0 Å². The molecule has 7 heteroatoms. The Kier molecular flexibility index (Phi) is 6.69. The number of amides is 1. The van der Waals surface area contributed by atoms with Crippen LogP contribution in [-0.4, -0.2) is 46.8 Å². The zero-order chi connectivity index (χ0) is 24.4. The molecule has 184 valence electrons. The molecular weight excluding hydrogens is 445 g/mol. The Bertz CT molecular complexity index is 1280. The number of hydrogen-bond donors (Lipinski definition) is 1. The third-order valence-electron chi connectivity index (χ3n) is 7.68. The Morgan fingerprint density at radius 1 is 1.17 bits per heavy atom. The average molecular weight is 478 g/mol. The van der Waals surface area contributed by atoms with Gasteiger partial charge in [-0.15, -0.1) is 0 Å². The lowest BCUT2D eigenvalue weighted by Gasteiger charge is -2.37. The number of hydrogen-bond acceptors (Lipinski definition) is 4. The highest BCUT2D eigenvalue weighted by Gasteiger charge is 2.43. The van der Waals surface area contributed by atoms with Gasteiger partial charge >= 0.3 is 0 Å². The minimum Gasteiger partial charge on any atom is -0.378 e. The highest BCUT2D eigenvalue weighted by molar-refractivity contribution is 5.95. The fourth-order valence-electron chi connectivity index (χ4n) is 5.69. The Morgan fingerprint density at radius 3 is 2.71 bits per heavy atom. The molecule has 0 unspecified atom stereocenters. The van der Waals surface area contributed by atoms with E-state index in [-0.39, 0.29) is 22.4 Å². The van der Waals surface area contributed by atoms with E-state index < -0.39 is 5.82 Å². The molecule has 2 aromatic carbocycles. The van der Waals surface area contributed by atoms with Crippen molar-refractivity contribution in [1.29, 1.82) is 0 Å². The molecule has 1 spiro atoms. The largest absolute Gasteiger partial charge is 0.378 e. The Labute approximate surface area is 204 Å². The number of fused-ring (bicyclic) bond motifs is 1. The molecule has 1 amide bonds. The number of H-pyrrole nitrogens is 1. The van der Waals surface area contributed by atoms with Crippen LogP contribution in [0, 0.1) is 11.2 Å². The summed E-state index contributed by atoms with van der Waals surface area (Å²) in [6.07, 6.45) is 6.89. The quantitative estimate of drug-likeness (QED) is 0.551. The van der Waals surface area contributed by atoms with Crippen LogP contribution in [-0.2, 0) is 11.2 Å². The first kappa shape index (κ1) is 23.7. The molecule has 1 N–H and O–H groups in total. The lowest BCUT2D eigenvalue weighted by molar-refractivity contribution is -0.000889. The molecule has 1 aromatic heterocycles. The third-order valence-corrected chi connectivity index (χ3v) is 7.68. The minimum atomic E-state index is -0.504. The molecule has 1 aliphatic carbocycles. The van der Waals surface area contributed by atoms with Gasteiger partial charge in [0, 0.05) is 31.5 Å². The number of aromatic amines is 1. The molecular formula is C28H32FN3O3. The number of carbonyl (C=O) groups is 1. The van der Waals surface area contributed by atoms with Crippen molar-refractivity contribution in [2.75, 3.05) is 19.7 Å². The number of aromatic nitrogens is 2. The van der Waals surface area contributed by atoms with Crippen molar-refractivity contribution >= 4 is 16.7 Å². The number of benzene rings is 2. The second-order valence-electron chi connectivity index (χ2n) is 10.1. The molecule has 5 rings (SSSR count). The molecule has 6 nitrogen and oxygen atoms in total. The summed E-state index contributed by atoms with van der Waals surface area (Å²) < 4.78 is 20.7. The van der Waals surface area contributed by atoms with Gasteiger partial charge in [-0.2, -0.15) is 5.10 Å². The van der Waals surface area contributed by atoms with Gasteiger partial charge in [-0.1, -0.05) is 31.2 Å². The van der Waals surface area contributed by atoms with Crippen molar-refractivity contribution < 1.29 is 13.9 Å². The smallest absolute Gasteiger partial charge is 0.272 e. The molecule has 1 saturated carbocycles. The summed E-state index contributed by atoms with van der Waals surface area (Å²) >= 11 is 0. The van der Waals surface area contributed by atoms with Crippen molar-refractivity contribution in [2.45, 2.75) is 58.0 Å². The lowest BCUT2D eigenvalue weighted by atomic mass is 9.72. The molecule has 0 bridgehead atoms. The first-order valence-electron chi connectivity index (χ1n) is 12.6. The molecule has 0 atom stereocenters. The number of ether oxygens (including phenoxy) is 1. The lowest BCUT2D eigenvalue weighted by Crippen LogP contribution is -2.36. The number of halogens is 1. The van der Waals surface area contributed by atoms with Crippen LogP contribution in [0.5, 0.6) is 0 Å². The summed E-state index contributed by atoms with van der Waals surface area (Å²) in [6.45, 7) is 4.28. The first-order chi connectivity index (χ1) is 17.0. The summed E-state index contributed by atoms with van der Waals surface area (Å²) in [5.41, 5.74) is 1.46. The van der Waals surface area contributed by atoms with E-state index >= 15 is 0 Å². The van der Waals surface area contributed by atoms with Gasteiger partial charge < -0.3 is 9.64 Å². The molecule has 3 aromatic rings. The Hall–Kier alpha value is -3.06. The number of likely N-dealkylation sites (tertiary alicyclic amines) is 1. The third kappa shape index (κ3) is 4.87. The van der Waals surface area contributed by atoms with E-state index in [0.29, 0.717) is 36.7 Å². The molecule has 2 aliphatic rings. The summed E-state index contributed by atoms with van der Waals surface area (Å²) in [6, 6.07) is 12.0. The molecule has 1 aliphatic heterocycles. The van der Waals surface area contributed by atoms with E-state index in [1.807, 2.05) is 23.1 Å². The van der Waals surface area contributed by atoms with E-state index in [0.717, 1.165) is 56.1 Å². The van der Waals surface area contributed by atoms with E-state index in [9.17, 15) is 14.0 Å². The van der Waals surface area contributed by atoms with Gasteiger partial charge in [0.2, 0.25) is 0 Å². The first-order valence-corrected chi connectivity index (χ1v) is 12.6. The molecule has 1 saturated heterocycles. The standard InChI is InChI=1S/C28H32FN3O3/c1-2-15-35-20-9-11-28(12-10-20)13-14-32(18-28)27(34)23-16-19(7-8-24(23)29)17-25-21-5-3-4-6-22(21)26(33)31-30-25/h3-8,16,20H,2,9-15,17-18H2,1H3,(H,31,33). The van der Waals surface area contributed by atoms with E-state index in [1.165, 1.54) is 6.07 Å². The van der Waals surface area contributed by atoms with Crippen LogP contribution in [0.3, 0.4) is 0 Å². The van der Waals surface area contributed by atoms with Gasteiger partial charge in [0.25, 0.3) is 11.5 Å². The van der Waals surface area contributed by atoms with Crippen LogP contribution >= 0.6 is 0 Å².